The smallest absolute Gasteiger partial charge is 0.00114 e. The van der Waals surface area contributed by atoms with Crippen molar-refractivity contribution in [3.63, 3.8) is 0 Å². The van der Waals surface area contributed by atoms with Crippen LogP contribution in [0.25, 0.3) is 53.9 Å². The van der Waals surface area contributed by atoms with Crippen molar-refractivity contribution in [3.05, 3.63) is 72.3 Å². The predicted octanol–water partition coefficient (Wildman–Crippen LogP) is 6.64. The number of benzene rings is 6. The van der Waals surface area contributed by atoms with E-state index >= 15 is 0 Å². The van der Waals surface area contributed by atoms with E-state index < -0.39 is 0 Å². The van der Waals surface area contributed by atoms with E-state index in [9.17, 15) is 0 Å². The number of rotatable bonds is 0. The molecule has 0 nitrogen and oxygen atoms in total. The molecule has 0 heterocycles. The third kappa shape index (κ3) is 1.25. The van der Waals surface area contributed by atoms with Crippen LogP contribution >= 0.6 is 0 Å². The minimum atomic E-state index is 1.34. The number of aryl methyl sites for hydroxylation is 1. The fourth-order valence-corrected chi connectivity index (χ4v) is 4.51. The van der Waals surface area contributed by atoms with Crippen molar-refractivity contribution in [1.82, 2.24) is 0 Å². The summed E-state index contributed by atoms with van der Waals surface area (Å²) in [6.07, 6.45) is 0. The maximum atomic E-state index is 2.35. The standard InChI is InChI=1S/C23H14/c1-13-18-7-3-5-15-8-9-17-12-16-6-2-4-14-10-11-19(13)23(20(14)16)22(17)21(15)18/h2-12H,1H3. The van der Waals surface area contributed by atoms with Crippen molar-refractivity contribution in [3.8, 4) is 0 Å². The molecule has 0 heteroatoms. The van der Waals surface area contributed by atoms with E-state index in [4.69, 9.17) is 0 Å². The zero-order chi connectivity index (χ0) is 15.1. The van der Waals surface area contributed by atoms with Gasteiger partial charge < -0.3 is 0 Å². The van der Waals surface area contributed by atoms with Crippen molar-refractivity contribution in [2.45, 2.75) is 6.92 Å². The SMILES string of the molecule is Cc1c2cccc3ccc4cc5cccc6ccc1c(c65)c4c32. The summed E-state index contributed by atoms with van der Waals surface area (Å²) >= 11 is 0. The first-order chi connectivity index (χ1) is 11.3. The molecule has 6 rings (SSSR count). The lowest BCUT2D eigenvalue weighted by Crippen LogP contribution is -1.91. The molecule has 0 fully saturated rings. The fraction of sp³-hybridized carbons (Fsp3) is 0.0435. The summed E-state index contributed by atoms with van der Waals surface area (Å²) in [5, 5.41) is 13.9. The second-order valence-corrected chi connectivity index (χ2v) is 6.64. The highest BCUT2D eigenvalue weighted by Gasteiger charge is 2.17. The molecule has 0 saturated heterocycles. The lowest BCUT2D eigenvalue weighted by molar-refractivity contribution is 1.60. The van der Waals surface area contributed by atoms with Crippen LogP contribution in [-0.4, -0.2) is 0 Å². The molecule has 0 bridgehead atoms. The van der Waals surface area contributed by atoms with Gasteiger partial charge in [-0.15, -0.1) is 0 Å². The summed E-state index contributed by atoms with van der Waals surface area (Å²) in [4.78, 5) is 0. The first-order valence-electron chi connectivity index (χ1n) is 8.14. The minimum absolute atomic E-state index is 1.34. The molecule has 0 atom stereocenters. The molecule has 0 spiro atoms. The molecule has 0 saturated carbocycles. The zero-order valence-electron chi connectivity index (χ0n) is 12.9. The Morgan fingerprint density at radius 3 is 2.00 bits per heavy atom. The van der Waals surface area contributed by atoms with E-state index in [1.54, 1.807) is 0 Å². The maximum Gasteiger partial charge on any atom is -0.00114 e. The average molecular weight is 290 g/mol. The van der Waals surface area contributed by atoms with Gasteiger partial charge in [0.05, 0.1) is 0 Å². The van der Waals surface area contributed by atoms with Crippen LogP contribution in [0.1, 0.15) is 5.56 Å². The topological polar surface area (TPSA) is 0 Å². The second kappa shape index (κ2) is 3.72. The van der Waals surface area contributed by atoms with Crippen LogP contribution < -0.4 is 0 Å². The van der Waals surface area contributed by atoms with Gasteiger partial charge in [-0.1, -0.05) is 60.7 Å². The highest BCUT2D eigenvalue weighted by atomic mass is 14.2. The van der Waals surface area contributed by atoms with Crippen molar-refractivity contribution in [2.75, 3.05) is 0 Å². The first kappa shape index (κ1) is 11.7. The van der Waals surface area contributed by atoms with E-state index in [2.05, 4.69) is 73.7 Å². The monoisotopic (exact) mass is 290 g/mol. The van der Waals surface area contributed by atoms with Gasteiger partial charge in [0, 0.05) is 0 Å². The zero-order valence-corrected chi connectivity index (χ0v) is 12.9. The first-order valence-corrected chi connectivity index (χ1v) is 8.14. The predicted molar refractivity (Wildman–Crippen MR) is 101 cm³/mol. The van der Waals surface area contributed by atoms with Crippen LogP contribution in [0, 0.1) is 6.92 Å². The number of hydrogen-bond acceptors (Lipinski definition) is 0. The van der Waals surface area contributed by atoms with E-state index in [-0.39, 0.29) is 0 Å². The van der Waals surface area contributed by atoms with Gasteiger partial charge in [-0.25, -0.2) is 0 Å². The summed E-state index contributed by atoms with van der Waals surface area (Å²) in [6, 6.07) is 24.8. The second-order valence-electron chi connectivity index (χ2n) is 6.64. The molecule has 0 aliphatic heterocycles. The molecule has 0 aliphatic rings. The summed E-state index contributed by atoms with van der Waals surface area (Å²) in [5.41, 5.74) is 1.40. The molecule has 0 N–H and O–H groups in total. The van der Waals surface area contributed by atoms with Crippen LogP contribution in [0.4, 0.5) is 0 Å². The van der Waals surface area contributed by atoms with E-state index in [1.807, 2.05) is 0 Å². The van der Waals surface area contributed by atoms with Gasteiger partial charge in [-0.2, -0.15) is 0 Å². The molecule has 6 aromatic rings. The summed E-state index contributed by atoms with van der Waals surface area (Å²) in [6.45, 7) is 2.27. The lowest BCUT2D eigenvalue weighted by Gasteiger charge is -2.18. The van der Waals surface area contributed by atoms with Gasteiger partial charge in [0.25, 0.3) is 0 Å². The van der Waals surface area contributed by atoms with Crippen LogP contribution in [0.3, 0.4) is 0 Å². The molecule has 6 aromatic carbocycles. The quantitative estimate of drug-likeness (QED) is 0.217. The van der Waals surface area contributed by atoms with Crippen LogP contribution in [0.5, 0.6) is 0 Å². The summed E-state index contributed by atoms with van der Waals surface area (Å²) in [5.74, 6) is 0. The molecular weight excluding hydrogens is 276 g/mol. The normalized spacial score (nSPS) is 12.6. The van der Waals surface area contributed by atoms with Crippen molar-refractivity contribution in [2.24, 2.45) is 0 Å². The van der Waals surface area contributed by atoms with E-state index in [0.29, 0.717) is 0 Å². The van der Waals surface area contributed by atoms with Gasteiger partial charge in [0.15, 0.2) is 0 Å². The van der Waals surface area contributed by atoms with Crippen LogP contribution in [-0.2, 0) is 0 Å². The van der Waals surface area contributed by atoms with Gasteiger partial charge in [0.1, 0.15) is 0 Å². The minimum Gasteiger partial charge on any atom is -0.0610 e. The molecule has 0 radical (unpaired) electrons. The third-order valence-corrected chi connectivity index (χ3v) is 5.52. The Morgan fingerprint density at radius 1 is 0.478 bits per heavy atom. The summed E-state index contributed by atoms with van der Waals surface area (Å²) < 4.78 is 0. The third-order valence-electron chi connectivity index (χ3n) is 5.52. The molecule has 23 heavy (non-hydrogen) atoms. The Bertz CT molecular complexity index is 1350. The van der Waals surface area contributed by atoms with Gasteiger partial charge in [-0.05, 0) is 72.4 Å². The Hall–Kier alpha value is -2.86. The van der Waals surface area contributed by atoms with Crippen LogP contribution in [0.2, 0.25) is 0 Å². The highest BCUT2D eigenvalue weighted by molar-refractivity contribution is 6.37. The molecule has 0 unspecified atom stereocenters. The molecule has 106 valence electrons. The highest BCUT2D eigenvalue weighted by Crippen LogP contribution is 2.44. The van der Waals surface area contributed by atoms with E-state index in [1.165, 1.54) is 59.4 Å². The largest absolute Gasteiger partial charge is 0.0610 e. The van der Waals surface area contributed by atoms with Crippen molar-refractivity contribution < 1.29 is 0 Å². The average Bonchev–Trinajstić information content (AvgIpc) is 2.60. The summed E-state index contributed by atoms with van der Waals surface area (Å²) in [7, 11) is 0. The lowest BCUT2D eigenvalue weighted by atomic mass is 9.85. The van der Waals surface area contributed by atoms with Gasteiger partial charge >= 0.3 is 0 Å². The maximum absolute atomic E-state index is 2.35. The molecular formula is C23H14. The van der Waals surface area contributed by atoms with E-state index in [0.717, 1.165) is 0 Å². The fourth-order valence-electron chi connectivity index (χ4n) is 4.51. The van der Waals surface area contributed by atoms with Crippen LogP contribution in [0.15, 0.2) is 66.7 Å². The Labute approximate surface area is 133 Å². The molecule has 0 aliphatic carbocycles. The Balaban J connectivity index is 2.17. The van der Waals surface area contributed by atoms with Crippen molar-refractivity contribution in [1.29, 1.82) is 0 Å². The molecule has 0 amide bonds. The van der Waals surface area contributed by atoms with Gasteiger partial charge in [0.2, 0.25) is 0 Å². The number of hydrogen-bond donors (Lipinski definition) is 0. The van der Waals surface area contributed by atoms with Crippen molar-refractivity contribution >= 4 is 53.9 Å². The Kier molecular flexibility index (Phi) is 1.89. The Morgan fingerprint density at radius 2 is 1.09 bits per heavy atom. The van der Waals surface area contributed by atoms with Gasteiger partial charge in [-0.3, -0.25) is 0 Å². The molecule has 0 aromatic heterocycles.